The number of hydrogen-bond acceptors (Lipinski definition) is 5. The molecule has 3 aromatic carbocycles. The molecule has 3 aromatic rings. The molecule has 0 atom stereocenters. The molecule has 8 nitrogen and oxygen atoms in total. The first-order valence-corrected chi connectivity index (χ1v) is 12.0. The molecule has 0 saturated heterocycles. The summed E-state index contributed by atoms with van der Waals surface area (Å²) in [4.78, 5) is 44.0. The molecular weight excluding hydrogens is 651 g/mol. The van der Waals surface area contributed by atoms with E-state index in [4.69, 9.17) is 16.7 Å². The highest BCUT2D eigenvalue weighted by Crippen LogP contribution is 2.42. The van der Waals surface area contributed by atoms with Crippen LogP contribution >= 0.6 is 23.4 Å². The van der Waals surface area contributed by atoms with Gasteiger partial charge in [0.15, 0.2) is 52.4 Å². The third-order valence-corrected chi connectivity index (χ3v) is 7.05. The van der Waals surface area contributed by atoms with Crippen molar-refractivity contribution in [1.82, 2.24) is 5.32 Å². The third kappa shape index (κ3) is 5.42. The Kier molecular flexibility index (Phi) is 9.26. The van der Waals surface area contributed by atoms with Gasteiger partial charge in [-0.1, -0.05) is 23.4 Å². The van der Waals surface area contributed by atoms with Crippen molar-refractivity contribution in [2.24, 2.45) is 0 Å². The zero-order valence-corrected chi connectivity index (χ0v) is 22.3. The first-order chi connectivity index (χ1) is 19.9. The lowest BCUT2D eigenvalue weighted by molar-refractivity contribution is 0.0675. The zero-order valence-electron chi connectivity index (χ0n) is 20.7. The minimum atomic E-state index is -2.56. The number of aromatic carboxylic acids is 2. The quantitative estimate of drug-likeness (QED) is 0.138. The number of benzene rings is 3. The molecule has 0 radical (unpaired) electrons. The van der Waals surface area contributed by atoms with E-state index in [1.54, 1.807) is 5.32 Å². The number of nitrogens with one attached hydrogen (secondary N) is 2. The third-order valence-electron chi connectivity index (χ3n) is 5.60. The summed E-state index contributed by atoms with van der Waals surface area (Å²) in [5, 5.41) is 20.0. The molecule has 0 fully saturated rings. The van der Waals surface area contributed by atoms with Crippen LogP contribution in [0.15, 0.2) is 9.79 Å². The molecule has 19 heteroatoms. The van der Waals surface area contributed by atoms with Gasteiger partial charge in [-0.05, 0) is 6.92 Å². The molecule has 2 amide bonds. The van der Waals surface area contributed by atoms with Crippen molar-refractivity contribution in [2.45, 2.75) is 16.7 Å². The molecule has 0 saturated carbocycles. The summed E-state index contributed by atoms with van der Waals surface area (Å²) in [5.41, 5.74) is -10.2. The summed E-state index contributed by atoms with van der Waals surface area (Å²) in [7, 11) is 0.813. The number of carbonyl (C=O) groups is 4. The SMILES string of the molecule is CNC(=O)c1c(F)c(Sc2c(F)c(F)c(C(=O)O)c(C(=O)Nc3c(F)c(C)c(F)c(Cl)c3F)c2F)c(F)c(F)c1C(=O)O. The van der Waals surface area contributed by atoms with Crippen molar-refractivity contribution >= 4 is 52.8 Å². The molecule has 0 aliphatic heterocycles. The van der Waals surface area contributed by atoms with Gasteiger partial charge in [-0.25, -0.2) is 49.1 Å². The molecule has 0 spiro atoms. The van der Waals surface area contributed by atoms with Gasteiger partial charge in [0, 0.05) is 12.6 Å². The first-order valence-electron chi connectivity index (χ1n) is 10.8. The number of carboxylic acid groups (broad SMARTS) is 2. The topological polar surface area (TPSA) is 133 Å². The fraction of sp³-hybridized carbons (Fsp3) is 0.0833. The Bertz CT molecular complexity index is 1760. The van der Waals surface area contributed by atoms with E-state index in [2.05, 4.69) is 0 Å². The maximum atomic E-state index is 15.6. The molecule has 0 aromatic heterocycles. The minimum absolute atomic E-state index is 0.714. The smallest absolute Gasteiger partial charge is 0.339 e. The first kappa shape index (κ1) is 33.1. The second-order valence-electron chi connectivity index (χ2n) is 8.04. The summed E-state index contributed by atoms with van der Waals surface area (Å²) in [6, 6.07) is 0. The molecule has 0 aliphatic rings. The van der Waals surface area contributed by atoms with Gasteiger partial charge < -0.3 is 20.8 Å². The summed E-state index contributed by atoms with van der Waals surface area (Å²) in [5.74, 6) is -28.9. The van der Waals surface area contributed by atoms with Crippen molar-refractivity contribution in [1.29, 1.82) is 0 Å². The molecule has 0 bridgehead atoms. The highest BCUT2D eigenvalue weighted by molar-refractivity contribution is 7.99. The van der Waals surface area contributed by atoms with E-state index in [-0.39, 0.29) is 0 Å². The second kappa shape index (κ2) is 12.0. The number of halogens is 10. The van der Waals surface area contributed by atoms with Gasteiger partial charge >= 0.3 is 11.9 Å². The minimum Gasteiger partial charge on any atom is -0.478 e. The predicted molar refractivity (Wildman–Crippen MR) is 128 cm³/mol. The van der Waals surface area contributed by atoms with Crippen LogP contribution in [0, 0.1) is 59.3 Å². The molecule has 0 aliphatic carbocycles. The molecule has 0 heterocycles. The van der Waals surface area contributed by atoms with Crippen molar-refractivity contribution in [2.75, 3.05) is 12.4 Å². The summed E-state index contributed by atoms with van der Waals surface area (Å²) >= 11 is 4.48. The van der Waals surface area contributed by atoms with E-state index in [9.17, 15) is 55.0 Å². The number of carboxylic acids is 2. The van der Waals surface area contributed by atoms with Crippen LogP contribution < -0.4 is 10.6 Å². The van der Waals surface area contributed by atoms with Crippen molar-refractivity contribution in [3.05, 3.63) is 85.2 Å². The number of hydrogen-bond donors (Lipinski definition) is 4. The van der Waals surface area contributed by atoms with Crippen LogP contribution in [0.5, 0.6) is 0 Å². The Morgan fingerprint density at radius 1 is 0.605 bits per heavy atom. The van der Waals surface area contributed by atoms with E-state index >= 15 is 8.78 Å². The summed E-state index contributed by atoms with van der Waals surface area (Å²) in [6.07, 6.45) is 0. The summed E-state index contributed by atoms with van der Waals surface area (Å²) in [6.45, 7) is 0.714. The fourth-order valence-electron chi connectivity index (χ4n) is 3.55. The molecule has 3 rings (SSSR count). The standard InChI is InChI=1S/C24H10ClF9N2O6S/c1-3-9(26)8(25)15(32)18(10(3)27)36-22(38)5-7(24(41)42)12(29)17(34)20(14(5)31)43-19-13(30)4(21(37)35-2)6(23(39)40)11(28)16(19)33/h1-2H3,(H,35,37)(H,36,38)(H,39,40)(H,41,42). The molecule has 228 valence electrons. The van der Waals surface area contributed by atoms with Crippen LogP contribution in [0.2, 0.25) is 5.02 Å². The van der Waals surface area contributed by atoms with E-state index in [0.717, 1.165) is 7.05 Å². The highest BCUT2D eigenvalue weighted by atomic mass is 35.5. The monoisotopic (exact) mass is 660 g/mol. The number of anilines is 1. The van der Waals surface area contributed by atoms with Crippen molar-refractivity contribution in [3.63, 3.8) is 0 Å². The molecule has 0 unspecified atom stereocenters. The van der Waals surface area contributed by atoms with Crippen LogP contribution in [0.4, 0.5) is 45.2 Å². The van der Waals surface area contributed by atoms with E-state index in [0.29, 0.717) is 6.92 Å². The normalized spacial score (nSPS) is 11.0. The highest BCUT2D eigenvalue weighted by Gasteiger charge is 2.37. The van der Waals surface area contributed by atoms with Crippen LogP contribution in [0.25, 0.3) is 0 Å². The van der Waals surface area contributed by atoms with E-state index < -0.39 is 136 Å². The Morgan fingerprint density at radius 2 is 1.02 bits per heavy atom. The van der Waals surface area contributed by atoms with Gasteiger partial charge in [-0.15, -0.1) is 0 Å². The van der Waals surface area contributed by atoms with Gasteiger partial charge in [0.25, 0.3) is 11.8 Å². The largest absolute Gasteiger partial charge is 0.478 e. The lowest BCUT2D eigenvalue weighted by atomic mass is 10.0. The van der Waals surface area contributed by atoms with Crippen molar-refractivity contribution in [3.8, 4) is 0 Å². The average molecular weight is 661 g/mol. The number of amides is 2. The predicted octanol–water partition coefficient (Wildman–Crippen LogP) is 6.06. The molecule has 4 N–H and O–H groups in total. The van der Waals surface area contributed by atoms with E-state index in [1.165, 1.54) is 5.32 Å². The maximum Gasteiger partial charge on any atom is 0.339 e. The van der Waals surface area contributed by atoms with Gasteiger partial charge in [0.05, 0.1) is 20.9 Å². The Hall–Kier alpha value is -4.45. The van der Waals surface area contributed by atoms with Crippen LogP contribution in [0.3, 0.4) is 0 Å². The van der Waals surface area contributed by atoms with Crippen LogP contribution in [-0.4, -0.2) is 41.0 Å². The lowest BCUT2D eigenvalue weighted by Gasteiger charge is -2.17. The molecular formula is C24H10ClF9N2O6S. The Labute approximate surface area is 241 Å². The van der Waals surface area contributed by atoms with Gasteiger partial charge in [-0.2, -0.15) is 0 Å². The van der Waals surface area contributed by atoms with Gasteiger partial charge in [-0.3, -0.25) is 9.59 Å². The van der Waals surface area contributed by atoms with Crippen LogP contribution in [0.1, 0.15) is 47.0 Å². The molecule has 43 heavy (non-hydrogen) atoms. The number of carbonyl (C=O) groups excluding carboxylic acids is 2. The number of rotatable bonds is 7. The Morgan fingerprint density at radius 3 is 1.42 bits per heavy atom. The zero-order chi connectivity index (χ0) is 32.8. The van der Waals surface area contributed by atoms with Crippen LogP contribution in [-0.2, 0) is 0 Å². The Balaban J connectivity index is 2.34. The second-order valence-corrected chi connectivity index (χ2v) is 9.44. The van der Waals surface area contributed by atoms with E-state index in [1.807, 2.05) is 0 Å². The maximum absolute atomic E-state index is 15.6. The van der Waals surface area contributed by atoms with Gasteiger partial charge in [0.2, 0.25) is 0 Å². The summed E-state index contributed by atoms with van der Waals surface area (Å²) < 4.78 is 133. The fourth-order valence-corrected chi connectivity index (χ4v) is 4.73. The van der Waals surface area contributed by atoms with Gasteiger partial charge in [0.1, 0.15) is 21.8 Å². The average Bonchev–Trinajstić information content (AvgIpc) is 2.95. The lowest BCUT2D eigenvalue weighted by Crippen LogP contribution is -2.25. The van der Waals surface area contributed by atoms with Crippen molar-refractivity contribution < 1.29 is 68.9 Å².